The molecule has 1 aliphatic heterocycles. The van der Waals surface area contributed by atoms with E-state index >= 15 is 0 Å². The minimum absolute atomic E-state index is 0. The number of fused-ring (bicyclic) bond motifs is 1. The molecule has 126 valence electrons. The summed E-state index contributed by atoms with van der Waals surface area (Å²) in [4.78, 5) is 16.7. The summed E-state index contributed by atoms with van der Waals surface area (Å²) in [7, 11) is 0. The number of pyridine rings is 1. The van der Waals surface area contributed by atoms with Gasteiger partial charge in [0.15, 0.2) is 0 Å². The zero-order valence-corrected chi connectivity index (χ0v) is 14.8. The Labute approximate surface area is 149 Å². The van der Waals surface area contributed by atoms with Crippen molar-refractivity contribution < 1.29 is 4.79 Å². The van der Waals surface area contributed by atoms with Crippen LogP contribution in [0.4, 0.5) is 0 Å². The van der Waals surface area contributed by atoms with Gasteiger partial charge in [-0.05, 0) is 43.5 Å². The molecule has 1 saturated heterocycles. The molecule has 1 amide bonds. The van der Waals surface area contributed by atoms with E-state index in [9.17, 15) is 4.79 Å². The van der Waals surface area contributed by atoms with Crippen molar-refractivity contribution in [2.24, 2.45) is 5.41 Å². The van der Waals surface area contributed by atoms with E-state index in [1.807, 2.05) is 30.3 Å². The Balaban J connectivity index is 0.00000132. The van der Waals surface area contributed by atoms with E-state index in [4.69, 9.17) is 0 Å². The molecule has 1 aliphatic rings. The zero-order valence-electron chi connectivity index (χ0n) is 13.2. The Morgan fingerprint density at radius 2 is 1.87 bits per heavy atom. The Hall–Kier alpha value is -1.36. The molecule has 0 aliphatic carbocycles. The number of rotatable bonds is 3. The van der Waals surface area contributed by atoms with Crippen molar-refractivity contribution in [1.29, 1.82) is 0 Å². The van der Waals surface area contributed by atoms with Crippen LogP contribution >= 0.6 is 24.8 Å². The predicted octanol–water partition coefficient (Wildman–Crippen LogP) is 3.20. The first-order chi connectivity index (χ1) is 10.2. The maximum absolute atomic E-state index is 12.3. The van der Waals surface area contributed by atoms with Crippen molar-refractivity contribution in [3.63, 3.8) is 0 Å². The molecule has 0 unspecified atom stereocenters. The number of amides is 1. The second-order valence-corrected chi connectivity index (χ2v) is 6.13. The highest BCUT2D eigenvalue weighted by Gasteiger charge is 2.27. The molecule has 0 saturated carbocycles. The van der Waals surface area contributed by atoms with Gasteiger partial charge in [0.25, 0.3) is 5.91 Å². The highest BCUT2D eigenvalue weighted by molar-refractivity contribution is 5.94. The second kappa shape index (κ2) is 8.48. The van der Waals surface area contributed by atoms with Crippen LogP contribution in [0.25, 0.3) is 10.9 Å². The lowest BCUT2D eigenvalue weighted by atomic mass is 9.81. The number of carbonyl (C=O) groups is 1. The van der Waals surface area contributed by atoms with Crippen molar-refractivity contribution in [3.8, 4) is 0 Å². The van der Waals surface area contributed by atoms with E-state index < -0.39 is 0 Å². The molecule has 4 nitrogen and oxygen atoms in total. The highest BCUT2D eigenvalue weighted by Crippen LogP contribution is 2.26. The van der Waals surface area contributed by atoms with E-state index in [1.165, 1.54) is 0 Å². The monoisotopic (exact) mass is 355 g/mol. The summed E-state index contributed by atoms with van der Waals surface area (Å²) < 4.78 is 0. The molecule has 0 radical (unpaired) electrons. The first kappa shape index (κ1) is 19.7. The summed E-state index contributed by atoms with van der Waals surface area (Å²) >= 11 is 0. The molecule has 2 aromatic rings. The van der Waals surface area contributed by atoms with Gasteiger partial charge in [0.2, 0.25) is 0 Å². The summed E-state index contributed by atoms with van der Waals surface area (Å²) in [5.41, 5.74) is 1.54. The number of benzene rings is 1. The molecule has 0 bridgehead atoms. The molecule has 2 heterocycles. The first-order valence-corrected chi connectivity index (χ1v) is 7.51. The van der Waals surface area contributed by atoms with Crippen LogP contribution < -0.4 is 10.6 Å². The molecule has 0 spiro atoms. The van der Waals surface area contributed by atoms with Crippen LogP contribution in [0.5, 0.6) is 0 Å². The fourth-order valence-corrected chi connectivity index (χ4v) is 2.78. The van der Waals surface area contributed by atoms with Gasteiger partial charge in [0.05, 0.1) is 5.52 Å². The smallest absolute Gasteiger partial charge is 0.269 e. The Morgan fingerprint density at radius 3 is 2.61 bits per heavy atom. The van der Waals surface area contributed by atoms with Gasteiger partial charge in [-0.2, -0.15) is 0 Å². The van der Waals surface area contributed by atoms with Crippen LogP contribution in [0.2, 0.25) is 0 Å². The summed E-state index contributed by atoms with van der Waals surface area (Å²) in [6.45, 7) is 5.01. The van der Waals surface area contributed by atoms with Gasteiger partial charge in [-0.15, -0.1) is 24.8 Å². The Morgan fingerprint density at radius 1 is 1.17 bits per heavy atom. The maximum Gasteiger partial charge on any atom is 0.269 e. The Kier molecular flexibility index (Phi) is 7.26. The summed E-state index contributed by atoms with van der Waals surface area (Å²) in [5.74, 6) is -0.0829. The van der Waals surface area contributed by atoms with Gasteiger partial charge >= 0.3 is 0 Å². The molecule has 6 heteroatoms. The molecule has 1 aromatic carbocycles. The number of piperidine rings is 1. The normalized spacial score (nSPS) is 16.0. The van der Waals surface area contributed by atoms with Gasteiger partial charge < -0.3 is 10.6 Å². The zero-order chi connectivity index (χ0) is 14.7. The number of carbonyl (C=O) groups excluding carboxylic acids is 1. The van der Waals surface area contributed by atoms with Gasteiger partial charge in [-0.1, -0.05) is 31.2 Å². The molecule has 23 heavy (non-hydrogen) atoms. The third-order valence-corrected chi connectivity index (χ3v) is 4.32. The van der Waals surface area contributed by atoms with Crippen LogP contribution in [0.3, 0.4) is 0 Å². The molecule has 0 atom stereocenters. The number of hydrogen-bond acceptors (Lipinski definition) is 3. The number of nitrogens with zero attached hydrogens (tertiary/aromatic N) is 1. The van der Waals surface area contributed by atoms with Crippen LogP contribution in [0.15, 0.2) is 36.4 Å². The van der Waals surface area contributed by atoms with Crippen molar-refractivity contribution in [2.45, 2.75) is 19.8 Å². The van der Waals surface area contributed by atoms with Crippen LogP contribution in [0.1, 0.15) is 30.3 Å². The van der Waals surface area contributed by atoms with Crippen molar-refractivity contribution in [3.05, 3.63) is 42.1 Å². The second-order valence-electron chi connectivity index (χ2n) is 6.13. The van der Waals surface area contributed by atoms with Crippen molar-refractivity contribution in [2.75, 3.05) is 19.6 Å². The SMILES string of the molecule is CC1(CNC(=O)c2ccc3ccccc3n2)CCNCC1.Cl.Cl. The maximum atomic E-state index is 12.3. The van der Waals surface area contributed by atoms with E-state index in [2.05, 4.69) is 22.5 Å². The number of hydrogen-bond donors (Lipinski definition) is 2. The van der Waals surface area contributed by atoms with Crippen LogP contribution in [-0.2, 0) is 0 Å². The van der Waals surface area contributed by atoms with E-state index in [0.29, 0.717) is 12.2 Å². The average Bonchev–Trinajstić information content (AvgIpc) is 2.53. The molecule has 1 aromatic heterocycles. The average molecular weight is 356 g/mol. The molecule has 2 N–H and O–H groups in total. The van der Waals surface area contributed by atoms with Gasteiger partial charge in [-0.25, -0.2) is 4.98 Å². The molecular weight excluding hydrogens is 333 g/mol. The number of para-hydroxylation sites is 1. The highest BCUT2D eigenvalue weighted by atomic mass is 35.5. The fourth-order valence-electron chi connectivity index (χ4n) is 2.78. The third kappa shape index (κ3) is 4.80. The molecular formula is C17H23Cl2N3O. The van der Waals surface area contributed by atoms with Gasteiger partial charge in [0.1, 0.15) is 5.69 Å². The standard InChI is InChI=1S/C17H21N3O.2ClH/c1-17(8-10-18-11-9-17)12-19-16(21)15-7-6-13-4-2-3-5-14(13)20-15;;/h2-7,18H,8-12H2,1H3,(H,19,21);2*1H. The van der Waals surface area contributed by atoms with Gasteiger partial charge in [-0.3, -0.25) is 4.79 Å². The van der Waals surface area contributed by atoms with Crippen LogP contribution in [0, 0.1) is 5.41 Å². The lowest BCUT2D eigenvalue weighted by Gasteiger charge is -2.34. The van der Waals surface area contributed by atoms with Crippen molar-refractivity contribution >= 4 is 41.6 Å². The minimum atomic E-state index is -0.0829. The Bertz CT molecular complexity index is 657. The summed E-state index contributed by atoms with van der Waals surface area (Å²) in [5, 5.41) is 7.45. The summed E-state index contributed by atoms with van der Waals surface area (Å²) in [6, 6.07) is 11.6. The lowest BCUT2D eigenvalue weighted by molar-refractivity contribution is 0.0917. The fraction of sp³-hybridized carbons (Fsp3) is 0.412. The van der Waals surface area contributed by atoms with E-state index in [-0.39, 0.29) is 36.1 Å². The minimum Gasteiger partial charge on any atom is -0.350 e. The van der Waals surface area contributed by atoms with E-state index in [1.54, 1.807) is 6.07 Å². The summed E-state index contributed by atoms with van der Waals surface area (Å²) in [6.07, 6.45) is 2.19. The topological polar surface area (TPSA) is 54.0 Å². The number of halogens is 2. The van der Waals surface area contributed by atoms with Crippen molar-refractivity contribution in [1.82, 2.24) is 15.6 Å². The van der Waals surface area contributed by atoms with Crippen LogP contribution in [-0.4, -0.2) is 30.5 Å². The molecule has 1 fully saturated rings. The first-order valence-electron chi connectivity index (χ1n) is 7.51. The largest absolute Gasteiger partial charge is 0.350 e. The predicted molar refractivity (Wildman–Crippen MR) is 98.8 cm³/mol. The molecule has 3 rings (SSSR count). The number of nitrogens with one attached hydrogen (secondary N) is 2. The van der Waals surface area contributed by atoms with Gasteiger partial charge in [0, 0.05) is 11.9 Å². The number of aromatic nitrogens is 1. The quantitative estimate of drug-likeness (QED) is 0.888. The van der Waals surface area contributed by atoms with E-state index in [0.717, 1.165) is 36.8 Å². The third-order valence-electron chi connectivity index (χ3n) is 4.32. The lowest BCUT2D eigenvalue weighted by Crippen LogP contribution is -2.43.